The zero-order chi connectivity index (χ0) is 18.6. The SMILES string of the molecule is Cc1cnc2c(C(=O)NCCc3nccc(-c4ccccc4)n3)cnn2c1. The third-order valence-corrected chi connectivity index (χ3v) is 4.14. The van der Waals surface area contributed by atoms with Crippen LogP contribution < -0.4 is 5.32 Å². The van der Waals surface area contributed by atoms with Crippen LogP contribution in [0, 0.1) is 6.92 Å². The Labute approximate surface area is 156 Å². The molecule has 27 heavy (non-hydrogen) atoms. The van der Waals surface area contributed by atoms with E-state index in [1.54, 1.807) is 16.9 Å². The Morgan fingerprint density at radius 3 is 2.81 bits per heavy atom. The molecule has 1 N–H and O–H groups in total. The highest BCUT2D eigenvalue weighted by atomic mass is 16.1. The normalized spacial score (nSPS) is 10.9. The number of nitrogens with zero attached hydrogens (tertiary/aromatic N) is 5. The van der Waals surface area contributed by atoms with Crippen molar-refractivity contribution in [2.24, 2.45) is 0 Å². The molecule has 0 bridgehead atoms. The van der Waals surface area contributed by atoms with Crippen molar-refractivity contribution in [3.8, 4) is 11.3 Å². The van der Waals surface area contributed by atoms with E-state index in [1.165, 1.54) is 6.20 Å². The van der Waals surface area contributed by atoms with E-state index >= 15 is 0 Å². The molecule has 0 saturated heterocycles. The van der Waals surface area contributed by atoms with Crippen LogP contribution in [0.15, 0.2) is 61.2 Å². The highest BCUT2D eigenvalue weighted by Gasteiger charge is 2.13. The lowest BCUT2D eigenvalue weighted by molar-refractivity contribution is 0.0955. The molecule has 0 fully saturated rings. The molecule has 0 atom stereocenters. The Bertz CT molecular complexity index is 1090. The van der Waals surface area contributed by atoms with E-state index in [2.05, 4.69) is 25.4 Å². The molecule has 3 heterocycles. The van der Waals surface area contributed by atoms with E-state index in [-0.39, 0.29) is 5.91 Å². The summed E-state index contributed by atoms with van der Waals surface area (Å²) in [5.41, 5.74) is 3.88. The van der Waals surface area contributed by atoms with Gasteiger partial charge in [-0.05, 0) is 18.6 Å². The van der Waals surface area contributed by atoms with Crippen LogP contribution in [-0.2, 0) is 6.42 Å². The number of amides is 1. The number of fused-ring (bicyclic) bond motifs is 1. The Kier molecular flexibility index (Phi) is 4.57. The monoisotopic (exact) mass is 358 g/mol. The van der Waals surface area contributed by atoms with Crippen LogP contribution in [0.25, 0.3) is 16.9 Å². The largest absolute Gasteiger partial charge is 0.351 e. The smallest absolute Gasteiger partial charge is 0.256 e. The van der Waals surface area contributed by atoms with Gasteiger partial charge in [0.25, 0.3) is 5.91 Å². The van der Waals surface area contributed by atoms with Crippen molar-refractivity contribution in [1.82, 2.24) is 29.9 Å². The first-order chi connectivity index (χ1) is 13.2. The third-order valence-electron chi connectivity index (χ3n) is 4.14. The van der Waals surface area contributed by atoms with E-state index in [4.69, 9.17) is 0 Å². The molecule has 3 aromatic heterocycles. The van der Waals surface area contributed by atoms with Crippen molar-refractivity contribution in [3.63, 3.8) is 0 Å². The first kappa shape index (κ1) is 16.8. The van der Waals surface area contributed by atoms with Gasteiger partial charge in [0.1, 0.15) is 11.4 Å². The van der Waals surface area contributed by atoms with Crippen LogP contribution >= 0.6 is 0 Å². The summed E-state index contributed by atoms with van der Waals surface area (Å²) in [7, 11) is 0. The van der Waals surface area contributed by atoms with E-state index in [9.17, 15) is 4.79 Å². The molecule has 4 aromatic rings. The highest BCUT2D eigenvalue weighted by molar-refractivity contribution is 5.99. The number of aromatic nitrogens is 5. The van der Waals surface area contributed by atoms with Gasteiger partial charge in [-0.1, -0.05) is 30.3 Å². The summed E-state index contributed by atoms with van der Waals surface area (Å²) < 4.78 is 1.61. The maximum atomic E-state index is 12.4. The molecule has 7 heteroatoms. The number of hydrogen-bond acceptors (Lipinski definition) is 5. The summed E-state index contributed by atoms with van der Waals surface area (Å²) in [4.78, 5) is 25.6. The molecule has 0 spiro atoms. The van der Waals surface area contributed by atoms with Crippen molar-refractivity contribution in [1.29, 1.82) is 0 Å². The molecule has 0 aliphatic rings. The molecule has 134 valence electrons. The van der Waals surface area contributed by atoms with Gasteiger partial charge in [-0.2, -0.15) is 5.10 Å². The minimum absolute atomic E-state index is 0.208. The minimum Gasteiger partial charge on any atom is -0.351 e. The lowest BCUT2D eigenvalue weighted by Gasteiger charge is -2.05. The van der Waals surface area contributed by atoms with E-state index in [1.807, 2.05) is 49.5 Å². The van der Waals surface area contributed by atoms with Crippen LogP contribution in [0.2, 0.25) is 0 Å². The predicted octanol–water partition coefficient (Wildman–Crippen LogP) is 2.47. The van der Waals surface area contributed by atoms with Crippen molar-refractivity contribution in [2.75, 3.05) is 6.54 Å². The lowest BCUT2D eigenvalue weighted by atomic mass is 10.1. The predicted molar refractivity (Wildman–Crippen MR) is 101 cm³/mol. The van der Waals surface area contributed by atoms with E-state index in [0.29, 0.717) is 30.0 Å². The van der Waals surface area contributed by atoms with Crippen molar-refractivity contribution in [2.45, 2.75) is 13.3 Å². The van der Waals surface area contributed by atoms with E-state index < -0.39 is 0 Å². The average Bonchev–Trinajstić information content (AvgIpc) is 3.12. The summed E-state index contributed by atoms with van der Waals surface area (Å²) >= 11 is 0. The van der Waals surface area contributed by atoms with Crippen LogP contribution in [-0.4, -0.2) is 37.0 Å². The summed E-state index contributed by atoms with van der Waals surface area (Å²) in [5.74, 6) is 0.478. The second-order valence-corrected chi connectivity index (χ2v) is 6.19. The summed E-state index contributed by atoms with van der Waals surface area (Å²) in [6.45, 7) is 2.36. The molecular formula is C20H18N6O. The molecule has 1 aromatic carbocycles. The maximum Gasteiger partial charge on any atom is 0.256 e. The molecule has 0 aliphatic carbocycles. The van der Waals surface area contributed by atoms with Gasteiger partial charge in [-0.25, -0.2) is 19.5 Å². The first-order valence-electron chi connectivity index (χ1n) is 8.66. The molecule has 0 aliphatic heterocycles. The number of rotatable bonds is 5. The number of carbonyl (C=O) groups is 1. The maximum absolute atomic E-state index is 12.4. The van der Waals surface area contributed by atoms with Crippen LogP contribution in [0.4, 0.5) is 0 Å². The van der Waals surface area contributed by atoms with Crippen LogP contribution in [0.3, 0.4) is 0 Å². The Morgan fingerprint density at radius 2 is 1.96 bits per heavy atom. The standard InChI is InChI=1S/C20H18N6O/c1-14-11-23-19-16(12-24-26(19)13-14)20(27)22-10-8-18-21-9-7-17(25-18)15-5-3-2-4-6-15/h2-7,9,11-13H,8,10H2,1H3,(H,22,27). The van der Waals surface area contributed by atoms with Gasteiger partial charge in [0.15, 0.2) is 5.65 Å². The quantitative estimate of drug-likeness (QED) is 0.592. The summed E-state index contributed by atoms with van der Waals surface area (Å²) in [6.07, 6.45) is 7.37. The van der Waals surface area contributed by atoms with Crippen molar-refractivity contribution in [3.05, 3.63) is 78.1 Å². The number of carbonyl (C=O) groups excluding carboxylic acids is 1. The van der Waals surface area contributed by atoms with Crippen LogP contribution in [0.1, 0.15) is 21.7 Å². The van der Waals surface area contributed by atoms with E-state index in [0.717, 1.165) is 16.8 Å². The highest BCUT2D eigenvalue weighted by Crippen LogP contribution is 2.15. The van der Waals surface area contributed by atoms with Gasteiger partial charge in [-0.3, -0.25) is 4.79 Å². The fourth-order valence-corrected chi connectivity index (χ4v) is 2.80. The molecule has 0 unspecified atom stereocenters. The summed E-state index contributed by atoms with van der Waals surface area (Å²) in [6, 6.07) is 11.8. The van der Waals surface area contributed by atoms with Crippen LogP contribution in [0.5, 0.6) is 0 Å². The Hall–Kier alpha value is -3.61. The second kappa shape index (κ2) is 7.33. The molecule has 0 saturated carbocycles. The lowest BCUT2D eigenvalue weighted by Crippen LogP contribution is -2.26. The molecule has 0 radical (unpaired) electrons. The van der Waals surface area contributed by atoms with Crippen molar-refractivity contribution >= 4 is 11.6 Å². The third kappa shape index (κ3) is 3.67. The first-order valence-corrected chi connectivity index (χ1v) is 8.66. The fraction of sp³-hybridized carbons (Fsp3) is 0.150. The zero-order valence-corrected chi connectivity index (χ0v) is 14.8. The topological polar surface area (TPSA) is 85.1 Å². The Morgan fingerprint density at radius 1 is 1.11 bits per heavy atom. The average molecular weight is 358 g/mol. The molecule has 4 rings (SSSR count). The van der Waals surface area contributed by atoms with Gasteiger partial charge in [0.2, 0.25) is 0 Å². The number of aryl methyl sites for hydroxylation is 1. The molecule has 1 amide bonds. The fourth-order valence-electron chi connectivity index (χ4n) is 2.80. The Balaban J connectivity index is 1.41. The summed E-state index contributed by atoms with van der Waals surface area (Å²) in [5, 5.41) is 7.07. The van der Waals surface area contributed by atoms with Gasteiger partial charge < -0.3 is 5.32 Å². The zero-order valence-electron chi connectivity index (χ0n) is 14.8. The number of benzene rings is 1. The number of nitrogens with one attached hydrogen (secondary N) is 1. The van der Waals surface area contributed by atoms with Gasteiger partial charge in [0, 0.05) is 37.1 Å². The van der Waals surface area contributed by atoms with Crippen molar-refractivity contribution < 1.29 is 4.79 Å². The minimum atomic E-state index is -0.208. The molecule has 7 nitrogen and oxygen atoms in total. The van der Waals surface area contributed by atoms with Gasteiger partial charge >= 0.3 is 0 Å². The molecular weight excluding hydrogens is 340 g/mol. The van der Waals surface area contributed by atoms with Gasteiger partial charge in [-0.15, -0.1) is 0 Å². The number of hydrogen-bond donors (Lipinski definition) is 1. The van der Waals surface area contributed by atoms with Gasteiger partial charge in [0.05, 0.1) is 11.9 Å². The second-order valence-electron chi connectivity index (χ2n) is 6.19.